The van der Waals surface area contributed by atoms with Crippen molar-refractivity contribution < 1.29 is 0 Å². The molecule has 8 aromatic carbocycles. The first-order valence-corrected chi connectivity index (χ1v) is 18.2. The van der Waals surface area contributed by atoms with Gasteiger partial charge in [0, 0.05) is 44.0 Å². The number of para-hydroxylation sites is 3. The highest BCUT2D eigenvalue weighted by atomic mass is 15.1. The third-order valence-electron chi connectivity index (χ3n) is 10.5. The molecule has 0 radical (unpaired) electrons. The van der Waals surface area contributed by atoms with Gasteiger partial charge in [0.2, 0.25) is 0 Å². The van der Waals surface area contributed by atoms with Crippen molar-refractivity contribution in [1.82, 2.24) is 24.1 Å². The molecule has 0 fully saturated rings. The second kappa shape index (κ2) is 12.1. The number of hydrogen-bond donors (Lipinski definition) is 0. The zero-order chi connectivity index (χ0) is 35.6. The van der Waals surface area contributed by atoms with Crippen molar-refractivity contribution in [2.75, 3.05) is 0 Å². The lowest BCUT2D eigenvalue weighted by atomic mass is 9.99. The molecule has 0 saturated heterocycles. The molecule has 11 aromatic rings. The van der Waals surface area contributed by atoms with Gasteiger partial charge in [0.1, 0.15) is 0 Å². The highest BCUT2D eigenvalue weighted by Crippen LogP contribution is 2.43. The van der Waals surface area contributed by atoms with Crippen molar-refractivity contribution in [2.45, 2.75) is 0 Å². The van der Waals surface area contributed by atoms with Crippen LogP contribution in [0.3, 0.4) is 0 Å². The van der Waals surface area contributed by atoms with Gasteiger partial charge in [-0.15, -0.1) is 0 Å². The molecule has 0 aliphatic rings. The number of rotatable bonds is 5. The Morgan fingerprint density at radius 3 is 1.48 bits per heavy atom. The zero-order valence-corrected chi connectivity index (χ0v) is 29.1. The van der Waals surface area contributed by atoms with E-state index in [-0.39, 0.29) is 0 Å². The van der Waals surface area contributed by atoms with Gasteiger partial charge >= 0.3 is 0 Å². The molecule has 252 valence electrons. The van der Waals surface area contributed by atoms with Crippen LogP contribution in [0, 0.1) is 0 Å². The van der Waals surface area contributed by atoms with Crippen LogP contribution in [0.4, 0.5) is 0 Å². The number of nitrogens with zero attached hydrogens (tertiary/aromatic N) is 5. The molecule has 0 aliphatic heterocycles. The summed E-state index contributed by atoms with van der Waals surface area (Å²) in [5, 5.41) is 6.94. The Balaban J connectivity index is 1.27. The highest BCUT2D eigenvalue weighted by molar-refractivity contribution is 6.21. The number of aromatic nitrogens is 5. The van der Waals surface area contributed by atoms with E-state index in [1.807, 2.05) is 36.4 Å². The van der Waals surface area contributed by atoms with Gasteiger partial charge in [-0.1, -0.05) is 140 Å². The summed E-state index contributed by atoms with van der Waals surface area (Å²) >= 11 is 0. The predicted octanol–water partition coefficient (Wildman–Crippen LogP) is 12.2. The lowest BCUT2D eigenvalue weighted by Crippen LogP contribution is -2.03. The smallest absolute Gasteiger partial charge is 0.166 e. The van der Waals surface area contributed by atoms with E-state index in [0.29, 0.717) is 17.5 Å². The monoisotopic (exact) mass is 689 g/mol. The molecule has 3 heterocycles. The van der Waals surface area contributed by atoms with E-state index in [1.165, 1.54) is 21.7 Å². The van der Waals surface area contributed by atoms with Crippen molar-refractivity contribution in [3.63, 3.8) is 0 Å². The third kappa shape index (κ3) is 4.69. The minimum absolute atomic E-state index is 0.635. The highest BCUT2D eigenvalue weighted by Gasteiger charge is 2.23. The molecule has 0 saturated carbocycles. The van der Waals surface area contributed by atoms with Crippen LogP contribution in [-0.4, -0.2) is 24.1 Å². The van der Waals surface area contributed by atoms with Gasteiger partial charge < -0.3 is 9.13 Å². The average molecular weight is 690 g/mol. The first-order chi connectivity index (χ1) is 26.8. The Labute approximate surface area is 311 Å². The van der Waals surface area contributed by atoms with Crippen molar-refractivity contribution in [2.24, 2.45) is 0 Å². The molecule has 0 bridgehead atoms. The summed E-state index contributed by atoms with van der Waals surface area (Å²) in [6.07, 6.45) is 0. The quantitative estimate of drug-likeness (QED) is 0.181. The van der Waals surface area contributed by atoms with Crippen LogP contribution in [0.15, 0.2) is 188 Å². The molecule has 0 spiro atoms. The minimum Gasteiger partial charge on any atom is -0.309 e. The molecule has 5 heteroatoms. The SMILES string of the molecule is c1ccc(-c2nc(-c3ccccc3)nc(-c3c4ccccc4cc4c5ccccc5n(-c5ccc6c(c5)c5ccccc5n6-c5ccccc5)c34)n2)cc1. The summed E-state index contributed by atoms with van der Waals surface area (Å²) in [6, 6.07) is 66.2. The molecule has 3 aromatic heterocycles. The fourth-order valence-corrected chi connectivity index (χ4v) is 8.16. The van der Waals surface area contributed by atoms with E-state index >= 15 is 0 Å². The van der Waals surface area contributed by atoms with Crippen molar-refractivity contribution in [3.8, 4) is 45.5 Å². The normalized spacial score (nSPS) is 11.7. The summed E-state index contributed by atoms with van der Waals surface area (Å²) in [5.74, 6) is 1.91. The van der Waals surface area contributed by atoms with Crippen LogP contribution in [0.1, 0.15) is 0 Å². The molecule has 0 amide bonds. The Hall–Kier alpha value is -7.37. The molecule has 0 atom stereocenters. The summed E-state index contributed by atoms with van der Waals surface area (Å²) < 4.78 is 4.77. The molecule has 0 N–H and O–H groups in total. The van der Waals surface area contributed by atoms with E-state index in [4.69, 9.17) is 15.0 Å². The number of benzene rings is 8. The topological polar surface area (TPSA) is 48.5 Å². The van der Waals surface area contributed by atoms with E-state index in [1.54, 1.807) is 0 Å². The van der Waals surface area contributed by atoms with Gasteiger partial charge in [0.25, 0.3) is 0 Å². The standard InChI is InChI=1S/C49H31N5/c1-4-16-32(17-5-1)47-50-48(33-18-6-2-7-19-33)52-49(51-47)45-37-23-11-10-20-34(37)30-41-39-25-13-15-27-43(39)54(46(41)45)36-28-29-44-40(31-36)38-24-12-14-26-42(38)53(44)35-21-8-3-9-22-35/h1-31H. The number of fused-ring (bicyclic) bond motifs is 7. The molecular formula is C49H31N5. The van der Waals surface area contributed by atoms with E-state index < -0.39 is 0 Å². The minimum atomic E-state index is 0.635. The third-order valence-corrected chi connectivity index (χ3v) is 10.5. The summed E-state index contributed by atoms with van der Waals surface area (Å²) in [4.78, 5) is 15.6. The summed E-state index contributed by atoms with van der Waals surface area (Å²) in [6.45, 7) is 0. The van der Waals surface area contributed by atoms with E-state index in [9.17, 15) is 0 Å². The maximum Gasteiger partial charge on any atom is 0.166 e. The first-order valence-electron chi connectivity index (χ1n) is 18.2. The maximum absolute atomic E-state index is 5.29. The largest absolute Gasteiger partial charge is 0.309 e. The van der Waals surface area contributed by atoms with Crippen molar-refractivity contribution in [3.05, 3.63) is 188 Å². The molecule has 54 heavy (non-hydrogen) atoms. The molecule has 0 unspecified atom stereocenters. The van der Waals surface area contributed by atoms with Crippen LogP contribution < -0.4 is 0 Å². The van der Waals surface area contributed by atoms with E-state index in [2.05, 4.69) is 161 Å². The fraction of sp³-hybridized carbons (Fsp3) is 0. The summed E-state index contributed by atoms with van der Waals surface area (Å²) in [5.41, 5.74) is 9.59. The predicted molar refractivity (Wildman–Crippen MR) is 222 cm³/mol. The lowest BCUT2D eigenvalue weighted by Gasteiger charge is -2.15. The van der Waals surface area contributed by atoms with Gasteiger partial charge in [0.15, 0.2) is 17.5 Å². The molecule has 0 aliphatic carbocycles. The Morgan fingerprint density at radius 2 is 0.815 bits per heavy atom. The van der Waals surface area contributed by atoms with Crippen molar-refractivity contribution in [1.29, 1.82) is 0 Å². The van der Waals surface area contributed by atoms with E-state index in [0.717, 1.165) is 60.8 Å². The fourth-order valence-electron chi connectivity index (χ4n) is 8.16. The Bertz CT molecular complexity index is 3140. The number of hydrogen-bond acceptors (Lipinski definition) is 3. The van der Waals surface area contributed by atoms with Crippen molar-refractivity contribution >= 4 is 54.4 Å². The maximum atomic E-state index is 5.29. The Morgan fingerprint density at radius 1 is 0.315 bits per heavy atom. The lowest BCUT2D eigenvalue weighted by molar-refractivity contribution is 1.07. The second-order valence-electron chi connectivity index (χ2n) is 13.6. The zero-order valence-electron chi connectivity index (χ0n) is 29.1. The van der Waals surface area contributed by atoms with Gasteiger partial charge in [-0.3, -0.25) is 0 Å². The van der Waals surface area contributed by atoms with Gasteiger partial charge in [-0.05, 0) is 59.3 Å². The average Bonchev–Trinajstić information content (AvgIpc) is 3.76. The van der Waals surface area contributed by atoms with Crippen LogP contribution in [0.2, 0.25) is 0 Å². The first kappa shape index (κ1) is 30.3. The summed E-state index contributed by atoms with van der Waals surface area (Å²) in [7, 11) is 0. The van der Waals surface area contributed by atoms with Gasteiger partial charge in [0.05, 0.1) is 27.6 Å². The van der Waals surface area contributed by atoms with Crippen LogP contribution >= 0.6 is 0 Å². The van der Waals surface area contributed by atoms with Gasteiger partial charge in [-0.2, -0.15) is 0 Å². The van der Waals surface area contributed by atoms with Crippen LogP contribution in [-0.2, 0) is 0 Å². The molecule has 5 nitrogen and oxygen atoms in total. The van der Waals surface area contributed by atoms with Crippen LogP contribution in [0.5, 0.6) is 0 Å². The molecule has 11 rings (SSSR count). The molecular weight excluding hydrogens is 659 g/mol. The van der Waals surface area contributed by atoms with Crippen LogP contribution in [0.25, 0.3) is 99.9 Å². The second-order valence-corrected chi connectivity index (χ2v) is 13.6. The van der Waals surface area contributed by atoms with Gasteiger partial charge in [-0.25, -0.2) is 15.0 Å². The Kier molecular flexibility index (Phi) is 6.79.